The minimum Gasteiger partial charge on any atom is -0.493 e. The first-order valence-electron chi connectivity index (χ1n) is 4.78. The molecule has 1 aromatic carbocycles. The smallest absolute Gasteiger partial charge is 0.119 e. The third-order valence-corrected chi connectivity index (χ3v) is 1.93. The van der Waals surface area contributed by atoms with Crippen molar-refractivity contribution < 1.29 is 4.74 Å². The van der Waals surface area contributed by atoms with Gasteiger partial charge in [-0.1, -0.05) is 17.7 Å². The molecule has 0 saturated heterocycles. The fraction of sp³-hybridized carbons (Fsp3) is 0.333. The molecule has 0 bridgehead atoms. The Bertz CT molecular complexity index is 307. The molecule has 2 N–H and O–H groups in total. The predicted octanol–water partition coefficient (Wildman–Crippen LogP) is 2.49. The Labute approximate surface area is 85.4 Å². The van der Waals surface area contributed by atoms with Gasteiger partial charge in [0.1, 0.15) is 5.75 Å². The van der Waals surface area contributed by atoms with E-state index in [1.54, 1.807) is 0 Å². The molecular formula is C12H17NO. The molecule has 0 atom stereocenters. The number of hydrogen-bond donors (Lipinski definition) is 1. The average Bonchev–Trinajstić information content (AvgIpc) is 2.18. The predicted molar refractivity (Wildman–Crippen MR) is 59.3 cm³/mol. The Morgan fingerprint density at radius 2 is 2.29 bits per heavy atom. The van der Waals surface area contributed by atoms with E-state index in [0.717, 1.165) is 23.3 Å². The Balaban J connectivity index is 2.46. The van der Waals surface area contributed by atoms with Crippen molar-refractivity contribution in [1.29, 1.82) is 0 Å². The second-order valence-electron chi connectivity index (χ2n) is 3.41. The summed E-state index contributed by atoms with van der Waals surface area (Å²) < 4.78 is 5.54. The van der Waals surface area contributed by atoms with Gasteiger partial charge in [0.05, 0.1) is 6.61 Å². The standard InChI is InChI=1S/C12H17NO/c1-10(2)6-7-14-12-5-3-4-11(8-12)9-13/h3-5,8H,1,6-7,9,13H2,2H3. The first-order valence-corrected chi connectivity index (χ1v) is 4.78. The molecule has 0 aliphatic heterocycles. The summed E-state index contributed by atoms with van der Waals surface area (Å²) in [5.41, 5.74) is 7.76. The third kappa shape index (κ3) is 3.62. The van der Waals surface area contributed by atoms with Crippen LogP contribution in [0.15, 0.2) is 36.4 Å². The summed E-state index contributed by atoms with van der Waals surface area (Å²) in [6.45, 7) is 7.06. The van der Waals surface area contributed by atoms with E-state index >= 15 is 0 Å². The summed E-state index contributed by atoms with van der Waals surface area (Å²) in [5.74, 6) is 0.884. The molecule has 0 spiro atoms. The van der Waals surface area contributed by atoms with E-state index in [1.165, 1.54) is 0 Å². The van der Waals surface area contributed by atoms with Crippen LogP contribution in [0.4, 0.5) is 0 Å². The van der Waals surface area contributed by atoms with Gasteiger partial charge in [0.2, 0.25) is 0 Å². The van der Waals surface area contributed by atoms with Crippen LogP contribution in [0.2, 0.25) is 0 Å². The summed E-state index contributed by atoms with van der Waals surface area (Å²) >= 11 is 0. The SMILES string of the molecule is C=C(C)CCOc1cccc(CN)c1. The number of benzene rings is 1. The number of nitrogens with two attached hydrogens (primary N) is 1. The molecule has 0 heterocycles. The van der Waals surface area contributed by atoms with Gasteiger partial charge in [-0.3, -0.25) is 0 Å². The van der Waals surface area contributed by atoms with E-state index < -0.39 is 0 Å². The van der Waals surface area contributed by atoms with Crippen LogP contribution in [0.1, 0.15) is 18.9 Å². The molecule has 0 amide bonds. The minimum absolute atomic E-state index is 0.553. The quantitative estimate of drug-likeness (QED) is 0.726. The molecular weight excluding hydrogens is 174 g/mol. The van der Waals surface area contributed by atoms with Crippen molar-refractivity contribution in [2.45, 2.75) is 19.9 Å². The maximum atomic E-state index is 5.54. The highest BCUT2D eigenvalue weighted by molar-refractivity contribution is 5.28. The lowest BCUT2D eigenvalue weighted by molar-refractivity contribution is 0.321. The molecule has 0 fully saturated rings. The minimum atomic E-state index is 0.553. The number of rotatable bonds is 5. The van der Waals surface area contributed by atoms with Crippen molar-refractivity contribution >= 4 is 0 Å². The topological polar surface area (TPSA) is 35.2 Å². The Morgan fingerprint density at radius 1 is 1.50 bits per heavy atom. The molecule has 0 aliphatic carbocycles. The highest BCUT2D eigenvalue weighted by Crippen LogP contribution is 2.13. The third-order valence-electron chi connectivity index (χ3n) is 1.93. The van der Waals surface area contributed by atoms with Gasteiger partial charge in [0.25, 0.3) is 0 Å². The maximum Gasteiger partial charge on any atom is 0.119 e. The van der Waals surface area contributed by atoms with Gasteiger partial charge in [-0.2, -0.15) is 0 Å². The van der Waals surface area contributed by atoms with Crippen LogP contribution in [0.3, 0.4) is 0 Å². The van der Waals surface area contributed by atoms with Crippen molar-refractivity contribution in [2.24, 2.45) is 5.73 Å². The van der Waals surface area contributed by atoms with Crippen LogP contribution in [-0.2, 0) is 6.54 Å². The molecule has 0 aliphatic rings. The second kappa shape index (κ2) is 5.45. The lowest BCUT2D eigenvalue weighted by Gasteiger charge is -2.06. The van der Waals surface area contributed by atoms with E-state index in [0.29, 0.717) is 13.2 Å². The fourth-order valence-corrected chi connectivity index (χ4v) is 1.11. The molecule has 76 valence electrons. The Hall–Kier alpha value is -1.28. The molecule has 0 saturated carbocycles. The summed E-state index contributed by atoms with van der Waals surface area (Å²) in [5, 5.41) is 0. The summed E-state index contributed by atoms with van der Waals surface area (Å²) in [7, 11) is 0. The maximum absolute atomic E-state index is 5.54. The van der Waals surface area contributed by atoms with Gasteiger partial charge in [0, 0.05) is 13.0 Å². The van der Waals surface area contributed by atoms with Crippen LogP contribution in [-0.4, -0.2) is 6.61 Å². The van der Waals surface area contributed by atoms with E-state index in [1.807, 2.05) is 31.2 Å². The molecule has 1 aromatic rings. The summed E-state index contributed by atoms with van der Waals surface area (Å²) in [6, 6.07) is 7.86. The monoisotopic (exact) mass is 191 g/mol. The number of hydrogen-bond acceptors (Lipinski definition) is 2. The van der Waals surface area contributed by atoms with Crippen LogP contribution >= 0.6 is 0 Å². The molecule has 14 heavy (non-hydrogen) atoms. The van der Waals surface area contributed by atoms with Crippen molar-refractivity contribution in [3.8, 4) is 5.75 Å². The van der Waals surface area contributed by atoms with Gasteiger partial charge in [-0.05, 0) is 24.6 Å². The average molecular weight is 191 g/mol. The molecule has 2 heteroatoms. The largest absolute Gasteiger partial charge is 0.493 e. The number of ether oxygens (including phenoxy) is 1. The molecule has 1 rings (SSSR count). The highest BCUT2D eigenvalue weighted by Gasteiger charge is 1.95. The van der Waals surface area contributed by atoms with Gasteiger partial charge in [-0.15, -0.1) is 6.58 Å². The van der Waals surface area contributed by atoms with E-state index in [4.69, 9.17) is 10.5 Å². The van der Waals surface area contributed by atoms with Crippen molar-refractivity contribution in [1.82, 2.24) is 0 Å². The second-order valence-corrected chi connectivity index (χ2v) is 3.41. The molecule has 2 nitrogen and oxygen atoms in total. The van der Waals surface area contributed by atoms with Gasteiger partial charge in [-0.25, -0.2) is 0 Å². The van der Waals surface area contributed by atoms with Crippen molar-refractivity contribution in [3.63, 3.8) is 0 Å². The zero-order valence-corrected chi connectivity index (χ0v) is 8.62. The van der Waals surface area contributed by atoms with E-state index in [2.05, 4.69) is 6.58 Å². The zero-order valence-electron chi connectivity index (χ0n) is 8.62. The van der Waals surface area contributed by atoms with E-state index in [9.17, 15) is 0 Å². The van der Waals surface area contributed by atoms with E-state index in [-0.39, 0.29) is 0 Å². The summed E-state index contributed by atoms with van der Waals surface area (Å²) in [4.78, 5) is 0. The van der Waals surface area contributed by atoms with Gasteiger partial charge in [0.15, 0.2) is 0 Å². The normalized spacial score (nSPS) is 9.86. The highest BCUT2D eigenvalue weighted by atomic mass is 16.5. The van der Waals surface area contributed by atoms with Crippen LogP contribution in [0.25, 0.3) is 0 Å². The van der Waals surface area contributed by atoms with Crippen LogP contribution < -0.4 is 10.5 Å². The zero-order chi connectivity index (χ0) is 10.4. The molecule has 0 aromatic heterocycles. The van der Waals surface area contributed by atoms with Crippen LogP contribution in [0.5, 0.6) is 5.75 Å². The van der Waals surface area contributed by atoms with Crippen LogP contribution in [0, 0.1) is 0 Å². The Morgan fingerprint density at radius 3 is 2.93 bits per heavy atom. The fourth-order valence-electron chi connectivity index (χ4n) is 1.11. The first kappa shape index (κ1) is 10.8. The van der Waals surface area contributed by atoms with Gasteiger partial charge >= 0.3 is 0 Å². The molecule has 0 unspecified atom stereocenters. The van der Waals surface area contributed by atoms with Crippen molar-refractivity contribution in [3.05, 3.63) is 42.0 Å². The summed E-state index contributed by atoms with van der Waals surface area (Å²) in [6.07, 6.45) is 0.896. The lowest BCUT2D eigenvalue weighted by atomic mass is 10.2. The molecule has 0 radical (unpaired) electrons. The lowest BCUT2D eigenvalue weighted by Crippen LogP contribution is -2.00. The van der Waals surface area contributed by atoms with Crippen molar-refractivity contribution in [2.75, 3.05) is 6.61 Å². The first-order chi connectivity index (χ1) is 6.72. The Kier molecular flexibility index (Phi) is 4.20. The van der Waals surface area contributed by atoms with Gasteiger partial charge < -0.3 is 10.5 Å².